The Kier molecular flexibility index (Phi) is 7.92. The molecule has 7 heteroatoms. The van der Waals surface area contributed by atoms with Crippen molar-refractivity contribution in [1.82, 2.24) is 0 Å². The van der Waals surface area contributed by atoms with Gasteiger partial charge in [-0.25, -0.2) is 0 Å². The second-order valence-electron chi connectivity index (χ2n) is 0.630. The summed E-state index contributed by atoms with van der Waals surface area (Å²) in [6.45, 7) is 0. The molecule has 0 rings (SSSR count). The second kappa shape index (κ2) is 4.75. The van der Waals surface area contributed by atoms with E-state index in [1.165, 1.54) is 0 Å². The molecule has 0 aliphatic rings. The van der Waals surface area contributed by atoms with E-state index in [0.29, 0.717) is 0 Å². The summed E-state index contributed by atoms with van der Waals surface area (Å²) in [7, 11) is -4.58. The summed E-state index contributed by atoms with van der Waals surface area (Å²) in [5, 5.41) is 0. The van der Waals surface area contributed by atoms with Gasteiger partial charge in [0.05, 0.1) is 0 Å². The molecule has 0 aromatic heterocycles. The first kappa shape index (κ1) is 11.7. The van der Waals surface area contributed by atoms with Gasteiger partial charge in [0, 0.05) is 7.82 Å². The summed E-state index contributed by atoms with van der Waals surface area (Å²) in [6, 6.07) is 0. The van der Waals surface area contributed by atoms with Crippen LogP contribution in [0.5, 0.6) is 0 Å². The monoisotopic (exact) mass is 164 g/mol. The molecule has 7 heavy (non-hydrogen) atoms. The van der Waals surface area contributed by atoms with Crippen molar-refractivity contribution in [3.8, 4) is 0 Å². The maximum absolute atomic E-state index is 9.28. The number of rotatable bonds is 1. The molecule has 0 atom stereocenters. The van der Waals surface area contributed by atoms with Gasteiger partial charge >= 0.3 is 54.4 Å². The average molecular weight is 164 g/mol. The Balaban J connectivity index is 0. The van der Waals surface area contributed by atoms with Crippen molar-refractivity contribution < 1.29 is 17.9 Å². The number of phosphoric acid groups is 1. The zero-order chi connectivity index (χ0) is 5.21. The predicted molar refractivity (Wildman–Crippen MR) is 23.0 cm³/mol. The molecule has 0 N–H and O–H groups in total. The smallest absolute Gasteiger partial charge is 0.792 e. The molecule has 0 radical (unpaired) electrons. The van der Waals surface area contributed by atoms with Crippen LogP contribution in [0, 0.1) is 0 Å². The summed E-state index contributed by atoms with van der Waals surface area (Å²) in [5.74, 6) is 0. The largest absolute Gasteiger partial charge is 2.00 e. The van der Waals surface area contributed by atoms with E-state index in [-0.39, 0.29) is 54.4 Å². The molecule has 0 fully saturated rings. The molecule has 0 aromatic carbocycles. The van der Waals surface area contributed by atoms with Crippen LogP contribution in [0.4, 0.5) is 0 Å². The van der Waals surface area contributed by atoms with E-state index >= 15 is 0 Å². The van der Waals surface area contributed by atoms with Crippen LogP contribution in [0.2, 0.25) is 0 Å². The first-order chi connectivity index (χ1) is 2.56. The van der Waals surface area contributed by atoms with Gasteiger partial charge in [-0.2, -0.15) is 0 Å². The molecular formula is H2AlCaO4P. The van der Waals surface area contributed by atoms with Crippen LogP contribution >= 0.6 is 7.82 Å². The molecule has 36 valence electrons. The predicted octanol–water partition coefficient (Wildman–Crippen LogP) is -3.00. The topological polar surface area (TPSA) is 72.4 Å². The maximum Gasteiger partial charge on any atom is 2.00 e. The van der Waals surface area contributed by atoms with E-state index in [0.717, 1.165) is 0 Å². The third kappa shape index (κ3) is 11.5. The minimum atomic E-state index is -4.58. The first-order valence-electron chi connectivity index (χ1n) is 1.14. The van der Waals surface area contributed by atoms with Crippen molar-refractivity contribution >= 4 is 62.2 Å². The summed E-state index contributed by atoms with van der Waals surface area (Å²) in [5.41, 5.74) is 0. The van der Waals surface area contributed by atoms with E-state index in [1.54, 1.807) is 0 Å². The standard InChI is InChI=1S/Al.Ca.H3O4P.2H/c;;1-5(2,3)4;;/h;;(H3,1,2,3,4);;/q+1;+2;;;/p-3. The van der Waals surface area contributed by atoms with Crippen molar-refractivity contribution in [2.75, 3.05) is 0 Å². The van der Waals surface area contributed by atoms with Crippen LogP contribution in [0.3, 0.4) is 0 Å². The molecule has 0 amide bonds. The maximum atomic E-state index is 9.28. The molecule has 0 saturated heterocycles. The van der Waals surface area contributed by atoms with Crippen LogP contribution in [0.1, 0.15) is 0 Å². The van der Waals surface area contributed by atoms with Gasteiger partial charge in [0.2, 0.25) is 0 Å². The van der Waals surface area contributed by atoms with Gasteiger partial charge in [0.15, 0.2) is 0 Å². The fourth-order valence-corrected chi connectivity index (χ4v) is 0. The quantitative estimate of drug-likeness (QED) is 0.306. The second-order valence-corrected chi connectivity index (χ2v) is 2.98. The van der Waals surface area contributed by atoms with E-state index in [1.807, 2.05) is 0 Å². The molecular weight excluding hydrogens is 162 g/mol. The van der Waals surface area contributed by atoms with E-state index < -0.39 is 7.82 Å². The molecule has 0 unspecified atom stereocenters. The third-order valence-corrected chi connectivity index (χ3v) is 2.01. The van der Waals surface area contributed by atoms with Crippen molar-refractivity contribution in [2.24, 2.45) is 0 Å². The van der Waals surface area contributed by atoms with Gasteiger partial charge in [-0.3, -0.25) is 0 Å². The van der Waals surface area contributed by atoms with Crippen LogP contribution in [0.25, 0.3) is 0 Å². The van der Waals surface area contributed by atoms with Crippen LogP contribution in [0.15, 0.2) is 0 Å². The van der Waals surface area contributed by atoms with E-state index in [2.05, 4.69) is 3.58 Å². The Hall–Kier alpha value is 1.90. The minimum Gasteiger partial charge on any atom is -0.792 e. The summed E-state index contributed by atoms with van der Waals surface area (Å²) in [4.78, 5) is 18.6. The summed E-state index contributed by atoms with van der Waals surface area (Å²) in [6.07, 6.45) is 0. The summed E-state index contributed by atoms with van der Waals surface area (Å²) < 4.78 is 12.8. The Labute approximate surface area is 79.2 Å². The third-order valence-electron chi connectivity index (χ3n) is 0.224. The Bertz CT molecular complexity index is 75.8. The average Bonchev–Trinajstić information content (AvgIpc) is 1.35. The van der Waals surface area contributed by atoms with Gasteiger partial charge in [-0.15, -0.1) is 0 Å². The van der Waals surface area contributed by atoms with Gasteiger partial charge in [0.25, 0.3) is 0 Å². The molecule has 0 spiro atoms. The molecule has 0 aliphatic carbocycles. The molecule has 0 saturated carbocycles. The van der Waals surface area contributed by atoms with Crippen LogP contribution in [-0.4, -0.2) is 54.4 Å². The molecule has 0 aromatic rings. The first-order valence-corrected chi connectivity index (χ1v) is 3.42. The fraction of sp³-hybridized carbons (Fsp3) is 0. The van der Waals surface area contributed by atoms with Gasteiger partial charge in [0.1, 0.15) is 0 Å². The molecule has 0 aliphatic heterocycles. The zero-order valence-corrected chi connectivity index (χ0v) is 8.89. The zero-order valence-electron chi connectivity index (χ0n) is 3.79. The van der Waals surface area contributed by atoms with Crippen molar-refractivity contribution in [3.05, 3.63) is 0 Å². The van der Waals surface area contributed by atoms with Crippen LogP contribution in [-0.2, 0) is 8.14 Å². The Morgan fingerprint density at radius 2 is 1.71 bits per heavy atom. The van der Waals surface area contributed by atoms with Crippen molar-refractivity contribution in [1.29, 1.82) is 0 Å². The molecule has 0 heterocycles. The SMILES string of the molecule is O=P([O-])([O-])[O][AlH2].[Ca+2]. The van der Waals surface area contributed by atoms with Gasteiger partial charge < -0.3 is 17.9 Å². The normalized spacial score (nSPS) is 10.0. The van der Waals surface area contributed by atoms with Gasteiger partial charge in [-0.1, -0.05) is 0 Å². The van der Waals surface area contributed by atoms with E-state index in [4.69, 9.17) is 0 Å². The summed E-state index contributed by atoms with van der Waals surface area (Å²) >= 11 is -0.0401. The molecule has 4 nitrogen and oxygen atoms in total. The van der Waals surface area contributed by atoms with Crippen LogP contribution < -0.4 is 9.79 Å². The molecule has 0 bridgehead atoms. The van der Waals surface area contributed by atoms with E-state index in [9.17, 15) is 14.4 Å². The minimum absolute atomic E-state index is 0. The number of hydrogen-bond donors (Lipinski definition) is 0. The van der Waals surface area contributed by atoms with Gasteiger partial charge in [-0.05, 0) is 0 Å². The van der Waals surface area contributed by atoms with Crippen molar-refractivity contribution in [3.63, 3.8) is 0 Å². The Morgan fingerprint density at radius 3 is 1.71 bits per heavy atom. The number of hydrogen-bond acceptors (Lipinski definition) is 4. The Morgan fingerprint density at radius 1 is 1.57 bits per heavy atom. The van der Waals surface area contributed by atoms with Crippen molar-refractivity contribution in [2.45, 2.75) is 0 Å². The fourth-order valence-electron chi connectivity index (χ4n) is 0.